The van der Waals surface area contributed by atoms with E-state index in [2.05, 4.69) is 22.9 Å². The Hall–Kier alpha value is -0.700. The fraction of sp³-hybridized carbons (Fsp3) is 0.143. The van der Waals surface area contributed by atoms with E-state index in [1.54, 1.807) is 18.2 Å². The molecule has 0 spiro atoms. The molecule has 0 fully saturated rings. The predicted octanol–water partition coefficient (Wildman–Crippen LogP) is 6.11. The van der Waals surface area contributed by atoms with E-state index in [0.29, 0.717) is 15.8 Å². The van der Waals surface area contributed by atoms with Crippen molar-refractivity contribution < 1.29 is 4.74 Å². The molecule has 0 amide bonds. The van der Waals surface area contributed by atoms with Crippen LogP contribution in [0.15, 0.2) is 40.9 Å². The molecule has 0 unspecified atom stereocenters. The first-order chi connectivity index (χ1) is 8.60. The normalized spacial score (nSPS) is 10.4. The van der Waals surface area contributed by atoms with Crippen LogP contribution in [-0.2, 0) is 6.42 Å². The number of ether oxygens (including phenoxy) is 1. The first-order valence-electron chi connectivity index (χ1n) is 5.51. The monoisotopic (exact) mass is 344 g/mol. The second-order valence-corrected chi connectivity index (χ2v) is 5.45. The summed E-state index contributed by atoms with van der Waals surface area (Å²) in [5.41, 5.74) is 1.25. The zero-order chi connectivity index (χ0) is 13.1. The van der Waals surface area contributed by atoms with Crippen LogP contribution in [0.3, 0.4) is 0 Å². The van der Waals surface area contributed by atoms with Crippen molar-refractivity contribution in [2.45, 2.75) is 13.3 Å². The van der Waals surface area contributed by atoms with E-state index in [0.717, 1.165) is 16.6 Å². The molecule has 0 aliphatic heterocycles. The largest absolute Gasteiger partial charge is 0.457 e. The molecular weight excluding hydrogens is 335 g/mol. The van der Waals surface area contributed by atoms with Gasteiger partial charge in [-0.1, -0.05) is 52.1 Å². The number of hydrogen-bond donors (Lipinski definition) is 0. The highest BCUT2D eigenvalue weighted by Gasteiger charge is 2.04. The topological polar surface area (TPSA) is 9.23 Å². The van der Waals surface area contributed by atoms with Gasteiger partial charge in [-0.15, -0.1) is 0 Å². The van der Waals surface area contributed by atoms with Gasteiger partial charge in [-0.25, -0.2) is 0 Å². The summed E-state index contributed by atoms with van der Waals surface area (Å²) in [4.78, 5) is 0. The molecule has 2 aromatic carbocycles. The molecule has 0 saturated heterocycles. The van der Waals surface area contributed by atoms with Crippen LogP contribution < -0.4 is 4.74 Å². The Balaban J connectivity index is 2.23. The van der Waals surface area contributed by atoms with Crippen LogP contribution in [0.4, 0.5) is 0 Å². The molecule has 4 heteroatoms. The number of halogens is 3. The molecular formula is C14H11BrCl2O. The Kier molecular flexibility index (Phi) is 4.55. The Morgan fingerprint density at radius 1 is 1.00 bits per heavy atom. The summed E-state index contributed by atoms with van der Waals surface area (Å²) in [6.07, 6.45) is 0.980. The third-order valence-corrected chi connectivity index (χ3v) is 4.01. The lowest BCUT2D eigenvalue weighted by molar-refractivity contribution is 0.482. The molecule has 0 heterocycles. The van der Waals surface area contributed by atoms with Crippen LogP contribution in [0, 0.1) is 0 Å². The molecule has 94 valence electrons. The summed E-state index contributed by atoms with van der Waals surface area (Å²) in [6.45, 7) is 2.11. The maximum absolute atomic E-state index is 5.94. The number of hydrogen-bond acceptors (Lipinski definition) is 1. The van der Waals surface area contributed by atoms with Crippen molar-refractivity contribution in [2.24, 2.45) is 0 Å². The lowest BCUT2D eigenvalue weighted by Gasteiger charge is -2.08. The zero-order valence-electron chi connectivity index (χ0n) is 9.71. The molecule has 0 aliphatic rings. The molecule has 0 saturated carbocycles. The van der Waals surface area contributed by atoms with Gasteiger partial charge in [0, 0.05) is 10.5 Å². The number of aryl methyl sites for hydroxylation is 1. The lowest BCUT2D eigenvalue weighted by Crippen LogP contribution is -1.87. The predicted molar refractivity (Wildman–Crippen MR) is 80.1 cm³/mol. The van der Waals surface area contributed by atoms with Crippen molar-refractivity contribution in [3.8, 4) is 11.5 Å². The molecule has 2 aromatic rings. The van der Waals surface area contributed by atoms with E-state index in [1.807, 2.05) is 18.2 Å². The molecule has 0 aromatic heterocycles. The smallest absolute Gasteiger partial charge is 0.129 e. The van der Waals surface area contributed by atoms with Crippen LogP contribution in [0.2, 0.25) is 10.0 Å². The fourth-order valence-electron chi connectivity index (χ4n) is 1.55. The first-order valence-corrected chi connectivity index (χ1v) is 7.06. The zero-order valence-corrected chi connectivity index (χ0v) is 12.8. The maximum Gasteiger partial charge on any atom is 0.129 e. The van der Waals surface area contributed by atoms with Crippen molar-refractivity contribution in [1.82, 2.24) is 0 Å². The van der Waals surface area contributed by atoms with E-state index in [9.17, 15) is 0 Å². The molecule has 0 N–H and O–H groups in total. The Morgan fingerprint density at radius 2 is 1.67 bits per heavy atom. The fourth-order valence-corrected chi connectivity index (χ4v) is 2.48. The molecule has 0 radical (unpaired) electrons. The highest BCUT2D eigenvalue weighted by molar-refractivity contribution is 9.10. The minimum absolute atomic E-state index is 0.485. The average molecular weight is 346 g/mol. The van der Waals surface area contributed by atoms with Gasteiger partial charge in [0.2, 0.25) is 0 Å². The summed E-state index contributed by atoms with van der Waals surface area (Å²) in [5.74, 6) is 1.43. The van der Waals surface area contributed by atoms with E-state index >= 15 is 0 Å². The van der Waals surface area contributed by atoms with Gasteiger partial charge < -0.3 is 4.74 Å². The van der Waals surface area contributed by atoms with Gasteiger partial charge in [-0.2, -0.15) is 0 Å². The quantitative estimate of drug-likeness (QED) is 0.652. The van der Waals surface area contributed by atoms with Crippen molar-refractivity contribution in [1.29, 1.82) is 0 Å². The summed E-state index contributed by atoms with van der Waals surface area (Å²) >= 11 is 15.3. The van der Waals surface area contributed by atoms with Crippen LogP contribution in [0.1, 0.15) is 12.5 Å². The molecule has 0 aliphatic carbocycles. The van der Waals surface area contributed by atoms with Crippen LogP contribution >= 0.6 is 39.1 Å². The van der Waals surface area contributed by atoms with E-state index in [1.165, 1.54) is 5.56 Å². The molecule has 0 bridgehead atoms. The second-order valence-electron chi connectivity index (χ2n) is 3.78. The minimum Gasteiger partial charge on any atom is -0.457 e. The van der Waals surface area contributed by atoms with E-state index < -0.39 is 0 Å². The van der Waals surface area contributed by atoms with Crippen molar-refractivity contribution >= 4 is 39.1 Å². The summed E-state index contributed by atoms with van der Waals surface area (Å²) in [7, 11) is 0. The number of rotatable bonds is 3. The molecule has 2 rings (SSSR count). The Morgan fingerprint density at radius 3 is 2.28 bits per heavy atom. The van der Waals surface area contributed by atoms with Gasteiger partial charge in [-0.3, -0.25) is 0 Å². The van der Waals surface area contributed by atoms with Crippen LogP contribution in [-0.4, -0.2) is 0 Å². The maximum atomic E-state index is 5.94. The molecule has 0 atom stereocenters. The van der Waals surface area contributed by atoms with Gasteiger partial charge in [0.1, 0.15) is 11.5 Å². The van der Waals surface area contributed by atoms with Gasteiger partial charge in [0.15, 0.2) is 0 Å². The summed E-state index contributed by atoms with van der Waals surface area (Å²) < 4.78 is 6.77. The average Bonchev–Trinajstić information content (AvgIpc) is 2.34. The van der Waals surface area contributed by atoms with Crippen LogP contribution in [0.25, 0.3) is 0 Å². The highest BCUT2D eigenvalue weighted by atomic mass is 79.9. The van der Waals surface area contributed by atoms with E-state index in [-0.39, 0.29) is 0 Å². The standard InChI is InChI=1S/C14H11BrCl2O/c1-2-9-3-4-10(7-12(9)15)18-11-5-6-13(16)14(17)8-11/h3-8H,2H2,1H3. The van der Waals surface area contributed by atoms with Crippen LogP contribution in [0.5, 0.6) is 11.5 Å². The Bertz CT molecular complexity index is 570. The highest BCUT2D eigenvalue weighted by Crippen LogP contribution is 2.31. The van der Waals surface area contributed by atoms with Crippen molar-refractivity contribution in [2.75, 3.05) is 0 Å². The van der Waals surface area contributed by atoms with Crippen molar-refractivity contribution in [3.05, 3.63) is 56.5 Å². The van der Waals surface area contributed by atoms with Crippen molar-refractivity contribution in [3.63, 3.8) is 0 Å². The second kappa shape index (κ2) is 5.96. The Labute approximate surface area is 125 Å². The third kappa shape index (κ3) is 3.19. The first kappa shape index (κ1) is 13.7. The van der Waals surface area contributed by atoms with E-state index in [4.69, 9.17) is 27.9 Å². The minimum atomic E-state index is 0.485. The molecule has 1 nitrogen and oxygen atoms in total. The lowest BCUT2D eigenvalue weighted by atomic mass is 10.2. The third-order valence-electron chi connectivity index (χ3n) is 2.53. The SMILES string of the molecule is CCc1ccc(Oc2ccc(Cl)c(Cl)c2)cc1Br. The number of benzene rings is 2. The summed E-state index contributed by atoms with van der Waals surface area (Å²) in [6, 6.07) is 11.1. The molecule has 18 heavy (non-hydrogen) atoms. The van der Waals surface area contributed by atoms with Gasteiger partial charge in [0.05, 0.1) is 10.0 Å². The van der Waals surface area contributed by atoms with Gasteiger partial charge in [0.25, 0.3) is 0 Å². The van der Waals surface area contributed by atoms with Gasteiger partial charge in [-0.05, 0) is 36.2 Å². The van der Waals surface area contributed by atoms with Gasteiger partial charge >= 0.3 is 0 Å². The summed E-state index contributed by atoms with van der Waals surface area (Å²) in [5, 5.41) is 1.00.